The third kappa shape index (κ3) is 2.88. The van der Waals surface area contributed by atoms with E-state index in [2.05, 4.69) is 34.1 Å². The number of fused-ring (bicyclic) bond motifs is 1. The van der Waals surface area contributed by atoms with E-state index in [0.29, 0.717) is 6.54 Å². The van der Waals surface area contributed by atoms with Crippen molar-refractivity contribution in [2.45, 2.75) is 31.7 Å². The molecule has 1 amide bonds. The van der Waals surface area contributed by atoms with Crippen LogP contribution >= 0.6 is 0 Å². The van der Waals surface area contributed by atoms with Crippen molar-refractivity contribution in [3.63, 3.8) is 0 Å². The van der Waals surface area contributed by atoms with Crippen LogP contribution in [0.5, 0.6) is 0 Å². The predicted octanol–water partition coefficient (Wildman–Crippen LogP) is 3.20. The van der Waals surface area contributed by atoms with E-state index in [9.17, 15) is 4.79 Å². The number of hydrogen-bond donors (Lipinski definition) is 0. The first-order chi connectivity index (χ1) is 11.8. The van der Waals surface area contributed by atoms with Crippen molar-refractivity contribution in [2.75, 3.05) is 24.5 Å². The van der Waals surface area contributed by atoms with E-state index in [4.69, 9.17) is 0 Å². The van der Waals surface area contributed by atoms with Crippen molar-refractivity contribution in [1.29, 1.82) is 0 Å². The van der Waals surface area contributed by atoms with E-state index in [1.165, 1.54) is 11.3 Å². The Balaban J connectivity index is 1.51. The molecule has 4 heteroatoms. The number of aromatic nitrogens is 1. The molecule has 1 saturated heterocycles. The molecule has 0 N–H and O–H groups in total. The van der Waals surface area contributed by atoms with Crippen LogP contribution in [0.1, 0.15) is 36.6 Å². The van der Waals surface area contributed by atoms with Gasteiger partial charge in [-0.15, -0.1) is 0 Å². The summed E-state index contributed by atoms with van der Waals surface area (Å²) in [6.07, 6.45) is 6.12. The van der Waals surface area contributed by atoms with Gasteiger partial charge in [-0.3, -0.25) is 9.78 Å². The minimum atomic E-state index is 0.130. The fourth-order valence-corrected chi connectivity index (χ4v) is 3.94. The first-order valence-corrected chi connectivity index (χ1v) is 8.86. The maximum atomic E-state index is 13.0. The third-order valence-corrected chi connectivity index (χ3v) is 5.16. The highest BCUT2D eigenvalue weighted by Gasteiger charge is 2.30. The van der Waals surface area contributed by atoms with Crippen molar-refractivity contribution in [1.82, 2.24) is 9.88 Å². The van der Waals surface area contributed by atoms with Gasteiger partial charge in [-0.1, -0.05) is 24.3 Å². The number of rotatable bonds is 3. The molecule has 1 fully saturated rings. The van der Waals surface area contributed by atoms with Gasteiger partial charge in [-0.25, -0.2) is 0 Å². The van der Waals surface area contributed by atoms with Crippen LogP contribution in [-0.2, 0) is 11.2 Å². The van der Waals surface area contributed by atoms with Gasteiger partial charge in [-0.05, 0) is 49.4 Å². The Labute approximate surface area is 143 Å². The van der Waals surface area contributed by atoms with Crippen molar-refractivity contribution >= 4 is 11.6 Å². The zero-order valence-electron chi connectivity index (χ0n) is 13.9. The lowest BCUT2D eigenvalue weighted by atomic mass is 9.98. The number of piperidine rings is 1. The molecular formula is C20H23N3O. The maximum Gasteiger partial charge on any atom is 0.242 e. The lowest BCUT2D eigenvalue weighted by Gasteiger charge is -2.36. The van der Waals surface area contributed by atoms with Gasteiger partial charge >= 0.3 is 0 Å². The van der Waals surface area contributed by atoms with Gasteiger partial charge in [0.05, 0.1) is 18.3 Å². The monoisotopic (exact) mass is 321 g/mol. The molecule has 0 bridgehead atoms. The zero-order valence-corrected chi connectivity index (χ0v) is 13.9. The second-order valence-corrected chi connectivity index (χ2v) is 6.65. The second kappa shape index (κ2) is 6.63. The van der Waals surface area contributed by atoms with Gasteiger partial charge in [0, 0.05) is 25.0 Å². The summed E-state index contributed by atoms with van der Waals surface area (Å²) in [5.41, 5.74) is 3.59. The van der Waals surface area contributed by atoms with Gasteiger partial charge in [0.25, 0.3) is 0 Å². The molecule has 0 saturated carbocycles. The van der Waals surface area contributed by atoms with Crippen LogP contribution in [0.25, 0.3) is 0 Å². The summed E-state index contributed by atoms with van der Waals surface area (Å²) in [7, 11) is 0. The highest BCUT2D eigenvalue weighted by Crippen LogP contribution is 2.31. The van der Waals surface area contributed by atoms with Gasteiger partial charge in [0.15, 0.2) is 0 Å². The summed E-state index contributed by atoms with van der Waals surface area (Å²) in [4.78, 5) is 21.8. The molecule has 0 unspecified atom stereocenters. The SMILES string of the molecule is O=C(CN1CCc2ccccc21)N1CCCC[C@@H]1c1ccccn1. The smallest absolute Gasteiger partial charge is 0.242 e. The molecule has 0 spiro atoms. The Hall–Kier alpha value is -2.36. The standard InChI is InChI=1S/C20H23N3O/c24-20(15-22-14-11-16-7-1-2-9-18(16)22)23-13-6-4-10-19(23)17-8-3-5-12-21-17/h1-3,5,7-9,12,19H,4,6,10-11,13-15H2/t19-/m1/s1. The molecule has 4 nitrogen and oxygen atoms in total. The summed E-state index contributed by atoms with van der Waals surface area (Å²) >= 11 is 0. The Morgan fingerprint density at radius 3 is 2.83 bits per heavy atom. The number of para-hydroxylation sites is 1. The average Bonchev–Trinajstić information content (AvgIpc) is 3.05. The molecule has 1 aromatic carbocycles. The van der Waals surface area contributed by atoms with Crippen LogP contribution in [0.3, 0.4) is 0 Å². The van der Waals surface area contributed by atoms with Crippen LogP contribution in [-0.4, -0.2) is 35.4 Å². The molecule has 2 aliphatic heterocycles. The first-order valence-electron chi connectivity index (χ1n) is 8.86. The van der Waals surface area contributed by atoms with Crippen LogP contribution in [0.2, 0.25) is 0 Å². The Morgan fingerprint density at radius 1 is 1.08 bits per heavy atom. The van der Waals surface area contributed by atoms with Gasteiger partial charge in [-0.2, -0.15) is 0 Å². The van der Waals surface area contributed by atoms with E-state index < -0.39 is 0 Å². The molecule has 124 valence electrons. The van der Waals surface area contributed by atoms with E-state index in [1.807, 2.05) is 29.3 Å². The highest BCUT2D eigenvalue weighted by atomic mass is 16.2. The lowest BCUT2D eigenvalue weighted by molar-refractivity contribution is -0.133. The quantitative estimate of drug-likeness (QED) is 0.871. The molecule has 2 aliphatic rings. The number of hydrogen-bond acceptors (Lipinski definition) is 3. The number of carbonyl (C=O) groups excluding carboxylic acids is 1. The van der Waals surface area contributed by atoms with E-state index in [0.717, 1.165) is 44.5 Å². The number of anilines is 1. The van der Waals surface area contributed by atoms with Crippen molar-refractivity contribution in [3.05, 3.63) is 59.9 Å². The summed E-state index contributed by atoms with van der Waals surface area (Å²) in [6, 6.07) is 14.5. The molecule has 1 atom stereocenters. The van der Waals surface area contributed by atoms with Crippen molar-refractivity contribution in [2.24, 2.45) is 0 Å². The molecule has 0 radical (unpaired) electrons. The van der Waals surface area contributed by atoms with Gasteiger partial charge < -0.3 is 9.80 Å². The lowest BCUT2D eigenvalue weighted by Crippen LogP contribution is -2.44. The van der Waals surface area contributed by atoms with E-state index >= 15 is 0 Å². The summed E-state index contributed by atoms with van der Waals surface area (Å²) < 4.78 is 0. The molecule has 0 aliphatic carbocycles. The van der Waals surface area contributed by atoms with Crippen molar-refractivity contribution < 1.29 is 4.79 Å². The van der Waals surface area contributed by atoms with E-state index in [1.54, 1.807) is 0 Å². The number of amides is 1. The molecule has 3 heterocycles. The summed E-state index contributed by atoms with van der Waals surface area (Å²) in [5, 5.41) is 0. The summed E-state index contributed by atoms with van der Waals surface area (Å²) in [5.74, 6) is 0.224. The van der Waals surface area contributed by atoms with Crippen LogP contribution < -0.4 is 4.90 Å². The van der Waals surface area contributed by atoms with Crippen LogP contribution in [0, 0.1) is 0 Å². The maximum absolute atomic E-state index is 13.0. The molecule has 2 aromatic rings. The second-order valence-electron chi connectivity index (χ2n) is 6.65. The normalized spacial score (nSPS) is 20.1. The third-order valence-electron chi connectivity index (χ3n) is 5.16. The van der Waals surface area contributed by atoms with Gasteiger partial charge in [0.1, 0.15) is 0 Å². The largest absolute Gasteiger partial charge is 0.362 e. The Morgan fingerprint density at radius 2 is 1.96 bits per heavy atom. The van der Waals surface area contributed by atoms with E-state index in [-0.39, 0.29) is 11.9 Å². The number of benzene rings is 1. The van der Waals surface area contributed by atoms with Crippen molar-refractivity contribution in [3.8, 4) is 0 Å². The topological polar surface area (TPSA) is 36.4 Å². The molecule has 1 aromatic heterocycles. The predicted molar refractivity (Wildman–Crippen MR) is 94.9 cm³/mol. The Bertz CT molecular complexity index is 716. The highest BCUT2D eigenvalue weighted by molar-refractivity contribution is 5.83. The van der Waals surface area contributed by atoms with Crippen LogP contribution in [0.4, 0.5) is 5.69 Å². The zero-order chi connectivity index (χ0) is 16.4. The number of nitrogens with zero attached hydrogens (tertiary/aromatic N) is 3. The fourth-order valence-electron chi connectivity index (χ4n) is 3.94. The minimum Gasteiger partial charge on any atom is -0.362 e. The first kappa shape index (κ1) is 15.2. The molecule has 24 heavy (non-hydrogen) atoms. The number of likely N-dealkylation sites (tertiary alicyclic amines) is 1. The van der Waals surface area contributed by atoms with Gasteiger partial charge in [0.2, 0.25) is 5.91 Å². The number of pyridine rings is 1. The summed E-state index contributed by atoms with van der Waals surface area (Å²) in [6.45, 7) is 2.25. The average molecular weight is 321 g/mol. The Kier molecular flexibility index (Phi) is 4.20. The number of carbonyl (C=O) groups is 1. The fraction of sp³-hybridized carbons (Fsp3) is 0.400. The molecular weight excluding hydrogens is 298 g/mol. The minimum absolute atomic E-state index is 0.130. The molecule has 4 rings (SSSR count). The van der Waals surface area contributed by atoms with Crippen LogP contribution in [0.15, 0.2) is 48.7 Å².